The summed E-state index contributed by atoms with van der Waals surface area (Å²) in [6.45, 7) is 7.98. The van der Waals surface area contributed by atoms with Crippen LogP contribution in [0.2, 0.25) is 0 Å². The molecule has 0 bridgehead atoms. The van der Waals surface area contributed by atoms with Gasteiger partial charge < -0.3 is 19.9 Å². The fourth-order valence-electron chi connectivity index (χ4n) is 3.45. The zero-order chi connectivity index (χ0) is 19.9. The van der Waals surface area contributed by atoms with Gasteiger partial charge in [-0.2, -0.15) is 0 Å². The molecule has 2 N–H and O–H groups in total. The van der Waals surface area contributed by atoms with Crippen LogP contribution in [0.25, 0.3) is 0 Å². The number of nitrogens with zero attached hydrogens (tertiary/aromatic N) is 3. The highest BCUT2D eigenvalue weighted by Gasteiger charge is 2.28. The van der Waals surface area contributed by atoms with Crippen LogP contribution in [0.15, 0.2) is 36.7 Å². The predicted molar refractivity (Wildman–Crippen MR) is 116 cm³/mol. The van der Waals surface area contributed by atoms with Crippen LogP contribution in [0.4, 0.5) is 0 Å². The minimum Gasteiger partial charge on any atom is -0.374 e. The molecule has 2 heterocycles. The second-order valence-electron chi connectivity index (χ2n) is 7.49. The van der Waals surface area contributed by atoms with Crippen molar-refractivity contribution < 1.29 is 9.53 Å². The summed E-state index contributed by atoms with van der Waals surface area (Å²) < 4.78 is 7.75. The third-order valence-electron chi connectivity index (χ3n) is 5.02. The normalized spacial score (nSPS) is 17.2. The molecule has 7 nitrogen and oxygen atoms in total. The molecule has 1 saturated heterocycles. The topological polar surface area (TPSA) is 71.4 Å². The van der Waals surface area contributed by atoms with Gasteiger partial charge in [0, 0.05) is 45.6 Å². The van der Waals surface area contributed by atoms with Crippen molar-refractivity contribution >= 4 is 18.3 Å². The van der Waals surface area contributed by atoms with E-state index in [2.05, 4.69) is 26.6 Å². The Morgan fingerprint density at radius 1 is 1.34 bits per heavy atom. The molecule has 0 aliphatic carbocycles. The standard InChI is InChI=1S/C21H31N5O2.ClH/c1-16(2)28-15-18-7-5-4-6-17(18)12-24-20(27)14-26-11-8-22-13-19(26)21-23-9-10-25(21)3;/h4-7,9-10,16,19,22H,8,11-15H2,1-3H3,(H,24,27);1H. The number of amides is 1. The van der Waals surface area contributed by atoms with Crippen LogP contribution in [0, 0.1) is 0 Å². The zero-order valence-corrected chi connectivity index (χ0v) is 18.2. The highest BCUT2D eigenvalue weighted by Crippen LogP contribution is 2.20. The first-order chi connectivity index (χ1) is 13.5. The minimum atomic E-state index is 0. The third-order valence-corrected chi connectivity index (χ3v) is 5.02. The first kappa shape index (κ1) is 23.3. The number of rotatable bonds is 8. The number of hydrogen-bond acceptors (Lipinski definition) is 5. The van der Waals surface area contributed by atoms with Gasteiger partial charge >= 0.3 is 0 Å². The molecule has 1 aliphatic rings. The monoisotopic (exact) mass is 421 g/mol. The Hall–Kier alpha value is -1.93. The van der Waals surface area contributed by atoms with Crippen molar-refractivity contribution in [2.24, 2.45) is 7.05 Å². The lowest BCUT2D eigenvalue weighted by molar-refractivity contribution is -0.123. The molecule has 3 rings (SSSR count). The number of nitrogens with one attached hydrogen (secondary N) is 2. The number of carbonyl (C=O) groups excluding carboxylic acids is 1. The maximum Gasteiger partial charge on any atom is 0.234 e. The van der Waals surface area contributed by atoms with Gasteiger partial charge in [0.25, 0.3) is 0 Å². The number of benzene rings is 1. The quantitative estimate of drug-likeness (QED) is 0.682. The van der Waals surface area contributed by atoms with Gasteiger partial charge in [0.2, 0.25) is 5.91 Å². The first-order valence-electron chi connectivity index (χ1n) is 9.91. The number of aryl methyl sites for hydroxylation is 1. The Kier molecular flexibility index (Phi) is 9.10. The zero-order valence-electron chi connectivity index (χ0n) is 17.4. The van der Waals surface area contributed by atoms with Gasteiger partial charge in [-0.25, -0.2) is 4.98 Å². The number of halogens is 1. The summed E-state index contributed by atoms with van der Waals surface area (Å²) in [7, 11) is 1.99. The fourth-order valence-corrected chi connectivity index (χ4v) is 3.45. The smallest absolute Gasteiger partial charge is 0.234 e. The van der Waals surface area contributed by atoms with E-state index in [1.54, 1.807) is 6.20 Å². The van der Waals surface area contributed by atoms with E-state index >= 15 is 0 Å². The Labute approximate surface area is 179 Å². The van der Waals surface area contributed by atoms with E-state index in [1.807, 2.05) is 49.9 Å². The fraction of sp³-hybridized carbons (Fsp3) is 0.524. The van der Waals surface area contributed by atoms with Gasteiger partial charge in [-0.3, -0.25) is 9.69 Å². The highest BCUT2D eigenvalue weighted by molar-refractivity contribution is 5.85. The maximum atomic E-state index is 12.6. The summed E-state index contributed by atoms with van der Waals surface area (Å²) >= 11 is 0. The molecule has 1 aliphatic heterocycles. The predicted octanol–water partition coefficient (Wildman–Crippen LogP) is 2.03. The number of ether oxygens (including phenoxy) is 1. The van der Waals surface area contributed by atoms with Crippen LogP contribution in [0.3, 0.4) is 0 Å². The van der Waals surface area contributed by atoms with E-state index in [-0.39, 0.29) is 30.5 Å². The van der Waals surface area contributed by atoms with Crippen molar-refractivity contribution in [1.82, 2.24) is 25.1 Å². The van der Waals surface area contributed by atoms with Crippen LogP contribution in [0.5, 0.6) is 0 Å². The molecule has 1 fully saturated rings. The highest BCUT2D eigenvalue weighted by atomic mass is 35.5. The van der Waals surface area contributed by atoms with Crippen LogP contribution in [-0.4, -0.2) is 52.6 Å². The summed E-state index contributed by atoms with van der Waals surface area (Å²) in [5, 5.41) is 6.47. The van der Waals surface area contributed by atoms with Crippen LogP contribution in [-0.2, 0) is 29.7 Å². The number of piperazine rings is 1. The molecule has 1 atom stereocenters. The minimum absolute atomic E-state index is 0. The van der Waals surface area contributed by atoms with Crippen molar-refractivity contribution in [3.63, 3.8) is 0 Å². The van der Waals surface area contributed by atoms with E-state index < -0.39 is 0 Å². The van der Waals surface area contributed by atoms with E-state index in [4.69, 9.17) is 4.74 Å². The molecular weight excluding hydrogens is 390 g/mol. The Balaban J connectivity index is 0.00000300. The molecule has 0 saturated carbocycles. The summed E-state index contributed by atoms with van der Waals surface area (Å²) in [6, 6.07) is 8.19. The Bertz CT molecular complexity index is 780. The molecular formula is C21H32ClN5O2. The lowest BCUT2D eigenvalue weighted by Crippen LogP contribution is -2.50. The lowest BCUT2D eigenvalue weighted by Gasteiger charge is -2.35. The van der Waals surface area contributed by atoms with Crippen molar-refractivity contribution in [2.75, 3.05) is 26.2 Å². The average molecular weight is 422 g/mol. The van der Waals surface area contributed by atoms with Crippen molar-refractivity contribution in [2.45, 2.75) is 39.1 Å². The average Bonchev–Trinajstić information content (AvgIpc) is 3.11. The summed E-state index contributed by atoms with van der Waals surface area (Å²) in [5.41, 5.74) is 2.21. The molecule has 1 amide bonds. The number of hydrogen-bond donors (Lipinski definition) is 2. The van der Waals surface area contributed by atoms with Crippen LogP contribution in [0.1, 0.15) is 36.8 Å². The van der Waals surface area contributed by atoms with E-state index in [0.29, 0.717) is 19.7 Å². The molecule has 2 aromatic rings. The molecule has 1 aromatic heterocycles. The summed E-state index contributed by atoms with van der Waals surface area (Å²) in [6.07, 6.45) is 3.93. The van der Waals surface area contributed by atoms with Gasteiger partial charge in [0.15, 0.2) is 0 Å². The second-order valence-corrected chi connectivity index (χ2v) is 7.49. The van der Waals surface area contributed by atoms with Crippen molar-refractivity contribution in [1.29, 1.82) is 0 Å². The van der Waals surface area contributed by atoms with Crippen LogP contribution < -0.4 is 10.6 Å². The summed E-state index contributed by atoms with van der Waals surface area (Å²) in [5.74, 6) is 1.01. The number of carbonyl (C=O) groups is 1. The summed E-state index contributed by atoms with van der Waals surface area (Å²) in [4.78, 5) is 19.3. The molecule has 0 spiro atoms. The lowest BCUT2D eigenvalue weighted by atomic mass is 10.1. The van der Waals surface area contributed by atoms with E-state index in [9.17, 15) is 4.79 Å². The molecule has 160 valence electrons. The number of aromatic nitrogens is 2. The third kappa shape index (κ3) is 6.54. The maximum absolute atomic E-state index is 12.6. The first-order valence-corrected chi connectivity index (χ1v) is 9.91. The largest absolute Gasteiger partial charge is 0.374 e. The molecule has 1 aromatic carbocycles. The van der Waals surface area contributed by atoms with Gasteiger partial charge in [-0.1, -0.05) is 24.3 Å². The second kappa shape index (κ2) is 11.3. The van der Waals surface area contributed by atoms with E-state index in [0.717, 1.165) is 36.6 Å². The number of imidazole rings is 1. The molecule has 1 unspecified atom stereocenters. The van der Waals surface area contributed by atoms with Crippen molar-refractivity contribution in [3.05, 3.63) is 53.6 Å². The molecule has 8 heteroatoms. The van der Waals surface area contributed by atoms with E-state index in [1.165, 1.54) is 0 Å². The molecule has 0 radical (unpaired) electrons. The Morgan fingerprint density at radius 3 is 2.79 bits per heavy atom. The Morgan fingerprint density at radius 2 is 2.10 bits per heavy atom. The van der Waals surface area contributed by atoms with Gasteiger partial charge in [-0.15, -0.1) is 12.4 Å². The van der Waals surface area contributed by atoms with Gasteiger partial charge in [-0.05, 0) is 25.0 Å². The SMILES string of the molecule is CC(C)OCc1ccccc1CNC(=O)CN1CCNCC1c1nccn1C.Cl. The van der Waals surface area contributed by atoms with Gasteiger partial charge in [0.05, 0.1) is 25.3 Å². The van der Waals surface area contributed by atoms with Crippen LogP contribution >= 0.6 is 12.4 Å². The molecule has 29 heavy (non-hydrogen) atoms. The van der Waals surface area contributed by atoms with Crippen molar-refractivity contribution in [3.8, 4) is 0 Å². The van der Waals surface area contributed by atoms with Gasteiger partial charge in [0.1, 0.15) is 5.82 Å².